The van der Waals surface area contributed by atoms with E-state index in [0.29, 0.717) is 0 Å². The molecule has 3 aromatic carbocycles. The van der Waals surface area contributed by atoms with Crippen molar-refractivity contribution >= 4 is 0 Å². The van der Waals surface area contributed by atoms with E-state index in [4.69, 9.17) is 10.2 Å². The fourth-order valence-corrected chi connectivity index (χ4v) is 2.91. The van der Waals surface area contributed by atoms with Crippen LogP contribution in [0, 0.1) is 20.8 Å². The monoisotopic (exact) mass is 339 g/mol. The number of aromatic nitrogens is 3. The standard InChI is InChI=1S/C23H21N3/c1-16-4-10-19(11-5-16)22-23(20-12-6-17(2)7-13-20)25-26(24-22)21-14-8-18(3)9-15-21/h4-15H,1-3H3. The zero-order chi connectivity index (χ0) is 18.1. The lowest BCUT2D eigenvalue weighted by molar-refractivity contribution is 0.755. The van der Waals surface area contributed by atoms with Crippen molar-refractivity contribution in [3.05, 3.63) is 89.5 Å². The van der Waals surface area contributed by atoms with Crippen LogP contribution in [0.4, 0.5) is 0 Å². The molecule has 0 bridgehead atoms. The second kappa shape index (κ2) is 6.60. The minimum absolute atomic E-state index is 0.898. The van der Waals surface area contributed by atoms with Gasteiger partial charge in [0.25, 0.3) is 0 Å². The molecule has 0 amide bonds. The molecule has 128 valence electrons. The van der Waals surface area contributed by atoms with Crippen LogP contribution >= 0.6 is 0 Å². The maximum absolute atomic E-state index is 4.81. The Morgan fingerprint density at radius 2 is 0.846 bits per heavy atom. The third-order valence-corrected chi connectivity index (χ3v) is 4.53. The lowest BCUT2D eigenvalue weighted by Gasteiger charge is -2.02. The third-order valence-electron chi connectivity index (χ3n) is 4.53. The first-order chi connectivity index (χ1) is 12.6. The Labute approximate surface area is 153 Å². The fourth-order valence-electron chi connectivity index (χ4n) is 2.91. The van der Waals surface area contributed by atoms with Crippen LogP contribution in [0.15, 0.2) is 72.8 Å². The molecule has 3 nitrogen and oxygen atoms in total. The predicted octanol–water partition coefficient (Wildman–Crippen LogP) is 5.53. The van der Waals surface area contributed by atoms with Gasteiger partial charge in [-0.1, -0.05) is 77.4 Å². The number of aryl methyl sites for hydroxylation is 3. The Morgan fingerprint density at radius 1 is 0.500 bits per heavy atom. The van der Waals surface area contributed by atoms with Gasteiger partial charge in [-0.3, -0.25) is 0 Å². The second-order valence-electron chi connectivity index (χ2n) is 6.75. The van der Waals surface area contributed by atoms with Gasteiger partial charge in [-0.2, -0.15) is 4.80 Å². The molecular weight excluding hydrogens is 318 g/mol. The van der Waals surface area contributed by atoms with Crippen LogP contribution in [-0.4, -0.2) is 15.0 Å². The van der Waals surface area contributed by atoms with Crippen molar-refractivity contribution in [1.82, 2.24) is 15.0 Å². The van der Waals surface area contributed by atoms with Crippen LogP contribution < -0.4 is 0 Å². The Kier molecular flexibility index (Phi) is 4.13. The summed E-state index contributed by atoms with van der Waals surface area (Å²) in [4.78, 5) is 1.73. The molecule has 0 atom stereocenters. The summed E-state index contributed by atoms with van der Waals surface area (Å²) in [7, 11) is 0. The number of hydrogen-bond acceptors (Lipinski definition) is 2. The lowest BCUT2D eigenvalue weighted by Crippen LogP contribution is -1.98. The summed E-state index contributed by atoms with van der Waals surface area (Å²) in [5.74, 6) is 0. The van der Waals surface area contributed by atoms with Gasteiger partial charge in [0.1, 0.15) is 11.4 Å². The van der Waals surface area contributed by atoms with E-state index < -0.39 is 0 Å². The van der Waals surface area contributed by atoms with Crippen molar-refractivity contribution in [3.8, 4) is 28.2 Å². The molecular formula is C23H21N3. The van der Waals surface area contributed by atoms with Gasteiger partial charge >= 0.3 is 0 Å². The summed E-state index contributed by atoms with van der Waals surface area (Å²) in [6, 6.07) is 25.1. The molecule has 0 fully saturated rings. The summed E-state index contributed by atoms with van der Waals surface area (Å²) < 4.78 is 0. The molecule has 0 spiro atoms. The van der Waals surface area contributed by atoms with Crippen LogP contribution in [0.5, 0.6) is 0 Å². The zero-order valence-electron chi connectivity index (χ0n) is 15.3. The first-order valence-electron chi connectivity index (χ1n) is 8.78. The van der Waals surface area contributed by atoms with Gasteiger partial charge in [0.2, 0.25) is 0 Å². The SMILES string of the molecule is Cc1ccc(-c2nn(-c3ccc(C)cc3)nc2-c2ccc(C)cc2)cc1. The molecule has 1 heterocycles. The molecule has 4 rings (SSSR count). The van der Waals surface area contributed by atoms with E-state index in [9.17, 15) is 0 Å². The minimum atomic E-state index is 0.898. The maximum Gasteiger partial charge on any atom is 0.121 e. The zero-order valence-corrected chi connectivity index (χ0v) is 15.3. The molecule has 0 aliphatic heterocycles. The lowest BCUT2D eigenvalue weighted by atomic mass is 10.0. The van der Waals surface area contributed by atoms with Gasteiger partial charge in [-0.05, 0) is 32.9 Å². The van der Waals surface area contributed by atoms with E-state index in [2.05, 4.69) is 81.4 Å². The largest absolute Gasteiger partial charge is 0.150 e. The Balaban J connectivity index is 1.88. The van der Waals surface area contributed by atoms with Crippen LogP contribution in [0.3, 0.4) is 0 Å². The molecule has 4 aromatic rings. The highest BCUT2D eigenvalue weighted by Gasteiger charge is 2.16. The molecule has 0 saturated carbocycles. The quantitative estimate of drug-likeness (QED) is 0.491. The van der Waals surface area contributed by atoms with Gasteiger partial charge in [0.05, 0.1) is 5.69 Å². The van der Waals surface area contributed by atoms with Crippen molar-refractivity contribution in [1.29, 1.82) is 0 Å². The van der Waals surface area contributed by atoms with Crippen LogP contribution in [0.25, 0.3) is 28.2 Å². The molecule has 26 heavy (non-hydrogen) atoms. The van der Waals surface area contributed by atoms with Crippen molar-refractivity contribution in [2.45, 2.75) is 20.8 Å². The second-order valence-corrected chi connectivity index (χ2v) is 6.75. The average Bonchev–Trinajstić information content (AvgIpc) is 3.09. The smallest absolute Gasteiger partial charge is 0.121 e. The van der Waals surface area contributed by atoms with E-state index in [0.717, 1.165) is 28.2 Å². The van der Waals surface area contributed by atoms with Crippen molar-refractivity contribution in [2.24, 2.45) is 0 Å². The predicted molar refractivity (Wildman–Crippen MR) is 106 cm³/mol. The highest BCUT2D eigenvalue weighted by Crippen LogP contribution is 2.30. The summed E-state index contributed by atoms with van der Waals surface area (Å²) >= 11 is 0. The van der Waals surface area contributed by atoms with Gasteiger partial charge in [0.15, 0.2) is 0 Å². The topological polar surface area (TPSA) is 30.7 Å². The first-order valence-corrected chi connectivity index (χ1v) is 8.78. The average molecular weight is 339 g/mol. The normalized spacial score (nSPS) is 10.9. The summed E-state index contributed by atoms with van der Waals surface area (Å²) in [6.07, 6.45) is 0. The number of nitrogens with zero attached hydrogens (tertiary/aromatic N) is 3. The van der Waals surface area contributed by atoms with E-state index >= 15 is 0 Å². The van der Waals surface area contributed by atoms with E-state index in [1.807, 2.05) is 12.1 Å². The fraction of sp³-hybridized carbons (Fsp3) is 0.130. The number of benzene rings is 3. The first kappa shape index (κ1) is 16.3. The molecule has 0 unspecified atom stereocenters. The molecule has 0 N–H and O–H groups in total. The summed E-state index contributed by atoms with van der Waals surface area (Å²) in [6.45, 7) is 6.26. The van der Waals surface area contributed by atoms with Gasteiger partial charge < -0.3 is 0 Å². The van der Waals surface area contributed by atoms with Crippen LogP contribution in [0.2, 0.25) is 0 Å². The molecule has 0 radical (unpaired) electrons. The van der Waals surface area contributed by atoms with Crippen LogP contribution in [-0.2, 0) is 0 Å². The van der Waals surface area contributed by atoms with Crippen molar-refractivity contribution in [2.75, 3.05) is 0 Å². The number of hydrogen-bond donors (Lipinski definition) is 0. The van der Waals surface area contributed by atoms with Crippen molar-refractivity contribution < 1.29 is 0 Å². The molecule has 0 saturated heterocycles. The Hall–Kier alpha value is -3.20. The summed E-state index contributed by atoms with van der Waals surface area (Å²) in [5.41, 5.74) is 8.59. The van der Waals surface area contributed by atoms with E-state index in [1.54, 1.807) is 4.80 Å². The van der Waals surface area contributed by atoms with E-state index in [-0.39, 0.29) is 0 Å². The maximum atomic E-state index is 4.81. The van der Waals surface area contributed by atoms with Gasteiger partial charge in [-0.15, -0.1) is 10.2 Å². The van der Waals surface area contributed by atoms with Crippen molar-refractivity contribution in [3.63, 3.8) is 0 Å². The molecule has 1 aromatic heterocycles. The Morgan fingerprint density at radius 3 is 1.23 bits per heavy atom. The molecule has 0 aliphatic rings. The van der Waals surface area contributed by atoms with Gasteiger partial charge in [-0.25, -0.2) is 0 Å². The summed E-state index contributed by atoms with van der Waals surface area (Å²) in [5, 5.41) is 9.63. The third kappa shape index (κ3) is 3.16. The number of rotatable bonds is 3. The minimum Gasteiger partial charge on any atom is -0.150 e. The van der Waals surface area contributed by atoms with Gasteiger partial charge in [0, 0.05) is 11.1 Å². The van der Waals surface area contributed by atoms with Crippen LogP contribution in [0.1, 0.15) is 16.7 Å². The van der Waals surface area contributed by atoms with E-state index in [1.165, 1.54) is 16.7 Å². The molecule has 3 heteroatoms. The molecule has 0 aliphatic carbocycles. The Bertz CT molecular complexity index is 962. The highest BCUT2D eigenvalue weighted by atomic mass is 15.5. The highest BCUT2D eigenvalue weighted by molar-refractivity contribution is 5.77.